The van der Waals surface area contributed by atoms with Crippen LogP contribution in [0.25, 0.3) is 0 Å². The van der Waals surface area contributed by atoms with Crippen molar-refractivity contribution in [2.45, 2.75) is 25.6 Å². The number of halogens is 3. The third-order valence-corrected chi connectivity index (χ3v) is 3.52. The summed E-state index contributed by atoms with van der Waals surface area (Å²) in [6.07, 6.45) is -3.71. The first-order chi connectivity index (χ1) is 7.94. The van der Waals surface area contributed by atoms with Gasteiger partial charge in [0.1, 0.15) is 6.61 Å². The number of rotatable bonds is 6. The van der Waals surface area contributed by atoms with Gasteiger partial charge in [-0.3, -0.25) is 0 Å². The minimum atomic E-state index is -4.24. The highest BCUT2D eigenvalue weighted by atomic mass is 32.1. The lowest BCUT2D eigenvalue weighted by atomic mass is 10.1. The van der Waals surface area contributed by atoms with Crippen LogP contribution in [0.2, 0.25) is 0 Å². The van der Waals surface area contributed by atoms with Crippen LogP contribution in [0.3, 0.4) is 0 Å². The fraction of sp³-hybridized carbons (Fsp3) is 0.636. The topological polar surface area (TPSA) is 21.3 Å². The summed E-state index contributed by atoms with van der Waals surface area (Å²) in [5.74, 6) is 0. The van der Waals surface area contributed by atoms with Crippen molar-refractivity contribution < 1.29 is 17.9 Å². The van der Waals surface area contributed by atoms with E-state index in [0.717, 1.165) is 10.4 Å². The van der Waals surface area contributed by atoms with E-state index in [2.05, 4.69) is 10.1 Å². The third-order valence-electron chi connectivity index (χ3n) is 2.38. The molecule has 0 bridgehead atoms. The van der Waals surface area contributed by atoms with Gasteiger partial charge in [0.25, 0.3) is 0 Å². The third kappa shape index (κ3) is 5.06. The maximum Gasteiger partial charge on any atom is 0.411 e. The van der Waals surface area contributed by atoms with Crippen LogP contribution < -0.4 is 5.32 Å². The Morgan fingerprint density at radius 1 is 1.47 bits per heavy atom. The zero-order valence-electron chi connectivity index (χ0n) is 9.80. The Labute approximate surface area is 103 Å². The van der Waals surface area contributed by atoms with Crippen molar-refractivity contribution in [2.75, 3.05) is 20.3 Å². The molecule has 0 radical (unpaired) electrons. The monoisotopic (exact) mass is 267 g/mol. The Morgan fingerprint density at radius 3 is 2.65 bits per heavy atom. The molecule has 6 heteroatoms. The summed E-state index contributed by atoms with van der Waals surface area (Å²) in [5.41, 5.74) is 1.16. The van der Waals surface area contributed by atoms with Crippen molar-refractivity contribution in [1.29, 1.82) is 0 Å². The summed E-state index contributed by atoms with van der Waals surface area (Å²) < 4.78 is 40.2. The van der Waals surface area contributed by atoms with Crippen LogP contribution in [0.5, 0.6) is 0 Å². The second-order valence-corrected chi connectivity index (χ2v) is 4.71. The molecule has 1 atom stereocenters. The minimum Gasteiger partial charge on any atom is -0.372 e. The quantitative estimate of drug-likeness (QED) is 0.799. The van der Waals surface area contributed by atoms with Crippen molar-refractivity contribution in [3.63, 3.8) is 0 Å². The summed E-state index contributed by atoms with van der Waals surface area (Å²) >= 11 is 1.61. The van der Waals surface area contributed by atoms with E-state index in [1.807, 2.05) is 18.4 Å². The van der Waals surface area contributed by atoms with Crippen LogP contribution in [0, 0.1) is 6.92 Å². The van der Waals surface area contributed by atoms with Gasteiger partial charge >= 0.3 is 6.18 Å². The molecular formula is C11H16F3NOS. The van der Waals surface area contributed by atoms with Gasteiger partial charge in [-0.1, -0.05) is 0 Å². The molecule has 1 rings (SSSR count). The van der Waals surface area contributed by atoms with Crippen LogP contribution in [0.15, 0.2) is 11.4 Å². The Kier molecular flexibility index (Phi) is 5.42. The Bertz CT molecular complexity index is 338. The van der Waals surface area contributed by atoms with Gasteiger partial charge in [-0.05, 0) is 37.4 Å². The number of aryl methyl sites for hydroxylation is 1. The van der Waals surface area contributed by atoms with Crippen molar-refractivity contribution in [3.8, 4) is 0 Å². The number of alkyl halides is 3. The van der Waals surface area contributed by atoms with Crippen LogP contribution in [-0.2, 0) is 4.74 Å². The predicted molar refractivity (Wildman–Crippen MR) is 62.3 cm³/mol. The first-order valence-electron chi connectivity index (χ1n) is 5.30. The minimum absolute atomic E-state index is 0.0585. The van der Waals surface area contributed by atoms with Crippen molar-refractivity contribution >= 4 is 11.3 Å². The zero-order valence-corrected chi connectivity index (χ0v) is 10.6. The Hall–Kier alpha value is -0.590. The van der Waals surface area contributed by atoms with Crippen LogP contribution >= 0.6 is 11.3 Å². The van der Waals surface area contributed by atoms with Crippen LogP contribution in [0.4, 0.5) is 13.2 Å². The molecule has 1 N–H and O–H groups in total. The maximum atomic E-state index is 11.9. The van der Waals surface area contributed by atoms with E-state index in [-0.39, 0.29) is 12.6 Å². The lowest BCUT2D eigenvalue weighted by Gasteiger charge is -2.16. The van der Waals surface area contributed by atoms with E-state index in [1.54, 1.807) is 18.4 Å². The van der Waals surface area contributed by atoms with Gasteiger partial charge < -0.3 is 10.1 Å². The van der Waals surface area contributed by atoms with Crippen LogP contribution in [-0.4, -0.2) is 26.4 Å². The lowest BCUT2D eigenvalue weighted by molar-refractivity contribution is -0.174. The highest BCUT2D eigenvalue weighted by Crippen LogP contribution is 2.26. The van der Waals surface area contributed by atoms with Gasteiger partial charge in [0.2, 0.25) is 0 Å². The van der Waals surface area contributed by atoms with Crippen LogP contribution in [0.1, 0.15) is 22.9 Å². The fourth-order valence-corrected chi connectivity index (χ4v) is 2.61. The standard InChI is InChI=1S/C11H16F3NOS/c1-8-4-6-17-10(8)9(15-2)3-5-16-7-11(12,13)14/h4,6,9,15H,3,5,7H2,1-2H3. The summed E-state index contributed by atoms with van der Waals surface area (Å²) in [6, 6.07) is 2.06. The van der Waals surface area contributed by atoms with E-state index in [0.29, 0.717) is 6.42 Å². The predicted octanol–water partition coefficient (Wildman–Crippen LogP) is 3.29. The van der Waals surface area contributed by atoms with Gasteiger partial charge in [-0.2, -0.15) is 13.2 Å². The van der Waals surface area contributed by atoms with E-state index < -0.39 is 12.8 Å². The summed E-state index contributed by atoms with van der Waals surface area (Å²) in [4.78, 5) is 1.16. The van der Waals surface area contributed by atoms with E-state index in [4.69, 9.17) is 0 Å². The molecule has 1 aromatic heterocycles. The molecule has 0 aliphatic carbocycles. The Balaban J connectivity index is 2.37. The second kappa shape index (κ2) is 6.37. The molecule has 17 heavy (non-hydrogen) atoms. The molecule has 1 aromatic rings. The molecule has 0 amide bonds. The number of hydrogen-bond donors (Lipinski definition) is 1. The van der Waals surface area contributed by atoms with Gasteiger partial charge in [0.15, 0.2) is 0 Å². The average molecular weight is 267 g/mol. The SMILES string of the molecule is CNC(CCOCC(F)(F)F)c1sccc1C. The van der Waals surface area contributed by atoms with E-state index >= 15 is 0 Å². The summed E-state index contributed by atoms with van der Waals surface area (Å²) in [6.45, 7) is 0.919. The average Bonchev–Trinajstić information content (AvgIpc) is 2.63. The number of nitrogens with one attached hydrogen (secondary N) is 1. The molecular weight excluding hydrogens is 251 g/mol. The number of hydrogen-bond acceptors (Lipinski definition) is 3. The van der Waals surface area contributed by atoms with Crippen molar-refractivity contribution in [1.82, 2.24) is 5.32 Å². The normalized spacial score (nSPS) is 13.9. The van der Waals surface area contributed by atoms with Crippen molar-refractivity contribution in [2.24, 2.45) is 0 Å². The highest BCUT2D eigenvalue weighted by molar-refractivity contribution is 7.10. The smallest absolute Gasteiger partial charge is 0.372 e. The number of ether oxygens (including phenoxy) is 1. The molecule has 2 nitrogen and oxygen atoms in total. The molecule has 0 aliphatic heterocycles. The number of thiophene rings is 1. The largest absolute Gasteiger partial charge is 0.411 e. The van der Waals surface area contributed by atoms with Gasteiger partial charge in [-0.25, -0.2) is 0 Å². The van der Waals surface area contributed by atoms with Crippen molar-refractivity contribution in [3.05, 3.63) is 21.9 Å². The van der Waals surface area contributed by atoms with Gasteiger partial charge in [0, 0.05) is 17.5 Å². The molecule has 0 saturated carbocycles. The maximum absolute atomic E-state index is 11.9. The molecule has 0 spiro atoms. The molecule has 0 saturated heterocycles. The molecule has 0 aromatic carbocycles. The lowest BCUT2D eigenvalue weighted by Crippen LogP contribution is -2.21. The second-order valence-electron chi connectivity index (χ2n) is 3.77. The van der Waals surface area contributed by atoms with Gasteiger partial charge in [0.05, 0.1) is 0 Å². The molecule has 0 fully saturated rings. The highest BCUT2D eigenvalue weighted by Gasteiger charge is 2.27. The Morgan fingerprint density at radius 2 is 2.18 bits per heavy atom. The summed E-state index contributed by atoms with van der Waals surface area (Å²) in [7, 11) is 1.80. The zero-order chi connectivity index (χ0) is 12.9. The van der Waals surface area contributed by atoms with E-state index in [1.165, 1.54) is 0 Å². The van der Waals surface area contributed by atoms with Gasteiger partial charge in [-0.15, -0.1) is 11.3 Å². The summed E-state index contributed by atoms with van der Waals surface area (Å²) in [5, 5.41) is 5.07. The molecule has 1 heterocycles. The first kappa shape index (κ1) is 14.5. The molecule has 1 unspecified atom stereocenters. The fourth-order valence-electron chi connectivity index (χ4n) is 1.54. The molecule has 98 valence electrons. The first-order valence-corrected chi connectivity index (χ1v) is 6.17. The van der Waals surface area contributed by atoms with E-state index in [9.17, 15) is 13.2 Å². The molecule has 0 aliphatic rings.